The summed E-state index contributed by atoms with van der Waals surface area (Å²) in [5, 5.41) is 0. The molecule has 0 heterocycles. The average molecular weight is 211 g/mol. The third kappa shape index (κ3) is 3.52. The van der Waals surface area contributed by atoms with E-state index in [1.165, 1.54) is 11.0 Å². The molecule has 0 unspecified atom stereocenters. The van der Waals surface area contributed by atoms with Gasteiger partial charge in [0.1, 0.15) is 5.83 Å². The van der Waals surface area contributed by atoms with Crippen molar-refractivity contribution in [2.24, 2.45) is 5.73 Å². The highest BCUT2D eigenvalue weighted by atomic mass is 32.2. The molecule has 0 atom stereocenters. The molecule has 14 heavy (non-hydrogen) atoms. The van der Waals surface area contributed by atoms with E-state index < -0.39 is 0 Å². The monoisotopic (exact) mass is 211 g/mol. The molecule has 3 heteroatoms. The number of thioether (sulfide) groups is 1. The Balaban J connectivity index is 2.67. The average Bonchev–Trinajstić information content (AvgIpc) is 2.26. The fraction of sp³-hybridized carbons (Fsp3) is 0.273. The predicted octanol–water partition coefficient (Wildman–Crippen LogP) is 2.76. The molecule has 0 aliphatic heterocycles. The normalized spacial score (nSPS) is 11.8. The smallest absolute Gasteiger partial charge is 0.110 e. The molecule has 0 aliphatic rings. The Labute approximate surface area is 88.2 Å². The van der Waals surface area contributed by atoms with Crippen molar-refractivity contribution in [3.63, 3.8) is 0 Å². The summed E-state index contributed by atoms with van der Waals surface area (Å²) in [4.78, 5) is 1.20. The van der Waals surface area contributed by atoms with Gasteiger partial charge in [-0.3, -0.25) is 0 Å². The lowest BCUT2D eigenvalue weighted by molar-refractivity contribution is 0.614. The van der Waals surface area contributed by atoms with Gasteiger partial charge < -0.3 is 5.73 Å². The summed E-state index contributed by atoms with van der Waals surface area (Å²) < 4.78 is 12.7. The number of allylic oxidation sites excluding steroid dienone is 1. The zero-order valence-corrected chi connectivity index (χ0v) is 8.98. The lowest BCUT2D eigenvalue weighted by Crippen LogP contribution is -1.99. The Bertz CT molecular complexity index is 323. The summed E-state index contributed by atoms with van der Waals surface area (Å²) in [5.74, 6) is -0.250. The van der Waals surface area contributed by atoms with Crippen LogP contribution in [0.3, 0.4) is 0 Å². The predicted molar refractivity (Wildman–Crippen MR) is 60.2 cm³/mol. The molecule has 1 rings (SSSR count). The Morgan fingerprint density at radius 2 is 2.36 bits per heavy atom. The van der Waals surface area contributed by atoms with Gasteiger partial charge in [-0.05, 0) is 36.4 Å². The fourth-order valence-corrected chi connectivity index (χ4v) is 1.60. The molecule has 76 valence electrons. The fourth-order valence-electron chi connectivity index (χ4n) is 1.11. The second-order valence-corrected chi connectivity index (χ2v) is 3.79. The summed E-state index contributed by atoms with van der Waals surface area (Å²) in [6, 6.07) is 8.07. The van der Waals surface area contributed by atoms with Crippen LogP contribution in [-0.4, -0.2) is 12.8 Å². The quantitative estimate of drug-likeness (QED) is 0.775. The Morgan fingerprint density at radius 3 is 3.00 bits per heavy atom. The summed E-state index contributed by atoms with van der Waals surface area (Å²) in [6.45, 7) is -0.0117. The van der Waals surface area contributed by atoms with Crippen LogP contribution >= 0.6 is 11.8 Å². The second-order valence-electron chi connectivity index (χ2n) is 2.91. The van der Waals surface area contributed by atoms with Crippen molar-refractivity contribution in [3.05, 3.63) is 41.7 Å². The van der Waals surface area contributed by atoms with Crippen LogP contribution in [0.5, 0.6) is 0 Å². The first-order valence-corrected chi connectivity index (χ1v) is 5.66. The van der Waals surface area contributed by atoms with E-state index in [2.05, 4.69) is 6.07 Å². The van der Waals surface area contributed by atoms with Gasteiger partial charge in [0.05, 0.1) is 0 Å². The Morgan fingerprint density at radius 1 is 1.57 bits per heavy atom. The molecule has 0 aliphatic carbocycles. The number of rotatable bonds is 4. The second kappa shape index (κ2) is 5.83. The minimum Gasteiger partial charge on any atom is -0.325 e. The van der Waals surface area contributed by atoms with Crippen LogP contribution in [0.15, 0.2) is 41.1 Å². The Kier molecular flexibility index (Phi) is 4.70. The number of nitrogens with two attached hydrogens (primary N) is 1. The molecule has 0 aromatic heterocycles. The largest absolute Gasteiger partial charge is 0.325 e. The van der Waals surface area contributed by atoms with E-state index in [0.717, 1.165) is 5.56 Å². The van der Waals surface area contributed by atoms with E-state index in [-0.39, 0.29) is 12.4 Å². The van der Waals surface area contributed by atoms with E-state index in [1.807, 2.05) is 24.5 Å². The number of halogens is 1. The maximum atomic E-state index is 12.7. The van der Waals surface area contributed by atoms with Gasteiger partial charge in [0, 0.05) is 11.4 Å². The number of hydrogen-bond acceptors (Lipinski definition) is 2. The summed E-state index contributed by atoms with van der Waals surface area (Å²) in [5.41, 5.74) is 6.26. The first kappa shape index (κ1) is 11.3. The van der Waals surface area contributed by atoms with Gasteiger partial charge in [-0.15, -0.1) is 11.8 Å². The molecule has 0 bridgehead atoms. The van der Waals surface area contributed by atoms with Crippen molar-refractivity contribution in [2.75, 3.05) is 12.8 Å². The molecule has 0 amide bonds. The first-order chi connectivity index (χ1) is 6.76. The van der Waals surface area contributed by atoms with E-state index in [4.69, 9.17) is 5.73 Å². The number of benzene rings is 1. The number of hydrogen-bond donors (Lipinski definition) is 1. The highest BCUT2D eigenvalue weighted by molar-refractivity contribution is 7.98. The van der Waals surface area contributed by atoms with Crippen molar-refractivity contribution in [2.45, 2.75) is 11.3 Å². The van der Waals surface area contributed by atoms with E-state index >= 15 is 0 Å². The third-order valence-electron chi connectivity index (χ3n) is 1.89. The van der Waals surface area contributed by atoms with E-state index in [0.29, 0.717) is 6.42 Å². The van der Waals surface area contributed by atoms with Crippen LogP contribution in [-0.2, 0) is 6.42 Å². The minimum absolute atomic E-state index is 0.0117. The van der Waals surface area contributed by atoms with Crippen LogP contribution < -0.4 is 5.73 Å². The van der Waals surface area contributed by atoms with Gasteiger partial charge in [-0.2, -0.15) is 0 Å². The first-order valence-electron chi connectivity index (χ1n) is 4.44. The lowest BCUT2D eigenvalue weighted by Gasteiger charge is -2.00. The molecular weight excluding hydrogens is 197 g/mol. The van der Waals surface area contributed by atoms with Gasteiger partial charge >= 0.3 is 0 Å². The van der Waals surface area contributed by atoms with Gasteiger partial charge in [0.2, 0.25) is 0 Å². The standard InChI is InChI=1S/C11H14FNS/c1-14-11-4-2-3-9(7-11)5-6-10(12)8-13/h2-4,6-7H,5,8,13H2,1H3. The van der Waals surface area contributed by atoms with Gasteiger partial charge in [0.15, 0.2) is 0 Å². The maximum absolute atomic E-state index is 12.7. The van der Waals surface area contributed by atoms with Crippen molar-refractivity contribution >= 4 is 11.8 Å². The van der Waals surface area contributed by atoms with E-state index in [1.54, 1.807) is 11.8 Å². The summed E-state index contributed by atoms with van der Waals surface area (Å²) in [7, 11) is 0. The van der Waals surface area contributed by atoms with E-state index in [9.17, 15) is 4.39 Å². The molecule has 0 spiro atoms. The van der Waals surface area contributed by atoms with Crippen LogP contribution in [0.2, 0.25) is 0 Å². The zero-order chi connectivity index (χ0) is 10.4. The maximum Gasteiger partial charge on any atom is 0.110 e. The van der Waals surface area contributed by atoms with Gasteiger partial charge in [-0.1, -0.05) is 12.1 Å². The highest BCUT2D eigenvalue weighted by Crippen LogP contribution is 2.16. The SMILES string of the molecule is CSc1cccc(CC=C(F)CN)c1. The minimum atomic E-state index is -0.250. The van der Waals surface area contributed by atoms with Crippen LogP contribution in [0.25, 0.3) is 0 Å². The zero-order valence-electron chi connectivity index (χ0n) is 8.16. The third-order valence-corrected chi connectivity index (χ3v) is 2.61. The molecule has 0 fully saturated rings. The Hall–Kier alpha value is -0.800. The molecule has 0 saturated heterocycles. The molecule has 0 radical (unpaired) electrons. The van der Waals surface area contributed by atoms with Gasteiger partial charge in [-0.25, -0.2) is 4.39 Å². The summed E-state index contributed by atoms with van der Waals surface area (Å²) >= 11 is 1.68. The molecule has 0 saturated carbocycles. The summed E-state index contributed by atoms with van der Waals surface area (Å²) in [6.07, 6.45) is 4.16. The molecule has 1 nitrogen and oxygen atoms in total. The van der Waals surface area contributed by atoms with Crippen molar-refractivity contribution in [1.82, 2.24) is 0 Å². The topological polar surface area (TPSA) is 26.0 Å². The van der Waals surface area contributed by atoms with Crippen molar-refractivity contribution in [3.8, 4) is 0 Å². The molecule has 1 aromatic carbocycles. The molecule has 2 N–H and O–H groups in total. The van der Waals surface area contributed by atoms with Crippen LogP contribution in [0, 0.1) is 0 Å². The van der Waals surface area contributed by atoms with Gasteiger partial charge in [0.25, 0.3) is 0 Å². The van der Waals surface area contributed by atoms with Crippen molar-refractivity contribution in [1.29, 1.82) is 0 Å². The van der Waals surface area contributed by atoms with Crippen LogP contribution in [0.1, 0.15) is 5.56 Å². The highest BCUT2D eigenvalue weighted by Gasteiger charge is 1.94. The molecule has 1 aromatic rings. The lowest BCUT2D eigenvalue weighted by atomic mass is 10.1. The molecular formula is C11H14FNS. The van der Waals surface area contributed by atoms with Crippen molar-refractivity contribution < 1.29 is 4.39 Å². The van der Waals surface area contributed by atoms with Crippen LogP contribution in [0.4, 0.5) is 4.39 Å².